The second-order valence-electron chi connectivity index (χ2n) is 8.13. The molecule has 178 valence electrons. The van der Waals surface area contributed by atoms with Crippen LogP contribution in [0.25, 0.3) is 28.3 Å². The minimum Gasteiger partial charge on any atom is -0.495 e. The number of aromatic nitrogens is 5. The Kier molecular flexibility index (Phi) is 5.72. The van der Waals surface area contributed by atoms with Crippen molar-refractivity contribution in [2.24, 2.45) is 0 Å². The maximum Gasteiger partial charge on any atom is 0.194 e. The topological polar surface area (TPSA) is 57.8 Å². The van der Waals surface area contributed by atoms with Crippen molar-refractivity contribution in [2.75, 3.05) is 7.11 Å². The number of hydrogen-bond donors (Lipinski definition) is 0. The largest absolute Gasteiger partial charge is 0.495 e. The third-order valence-electron chi connectivity index (χ3n) is 5.88. The highest BCUT2D eigenvalue weighted by atomic mass is 35.5. The Morgan fingerprint density at radius 1 is 1.00 bits per heavy atom. The van der Waals surface area contributed by atoms with Gasteiger partial charge in [0.1, 0.15) is 11.4 Å². The van der Waals surface area contributed by atoms with E-state index in [4.69, 9.17) is 16.3 Å². The highest BCUT2D eigenvalue weighted by Crippen LogP contribution is 2.38. The molecule has 0 N–H and O–H groups in total. The summed E-state index contributed by atoms with van der Waals surface area (Å²) in [7, 11) is 1.58. The lowest BCUT2D eigenvalue weighted by molar-refractivity contribution is 0.413. The molecule has 6 nitrogen and oxygen atoms in total. The van der Waals surface area contributed by atoms with Gasteiger partial charge in [-0.2, -0.15) is 0 Å². The number of ether oxygens (including phenoxy) is 1. The molecule has 2 aliphatic heterocycles. The molecule has 35 heavy (non-hydrogen) atoms. The number of rotatable bonds is 5. The van der Waals surface area contributed by atoms with Gasteiger partial charge in [-0.1, -0.05) is 17.7 Å². The Balaban J connectivity index is 1.57. The Morgan fingerprint density at radius 2 is 1.74 bits per heavy atom. The molecule has 0 saturated carbocycles. The summed E-state index contributed by atoms with van der Waals surface area (Å²) in [4.78, 5) is 4.26. The van der Waals surface area contributed by atoms with E-state index in [1.54, 1.807) is 37.2 Å². The number of imidazole rings is 1. The first kappa shape index (κ1) is 22.9. The smallest absolute Gasteiger partial charge is 0.194 e. The summed E-state index contributed by atoms with van der Waals surface area (Å²) >= 11 is 6.41. The molecule has 0 amide bonds. The second kappa shape index (κ2) is 8.74. The van der Waals surface area contributed by atoms with Crippen LogP contribution in [-0.2, 0) is 0 Å². The van der Waals surface area contributed by atoms with Crippen LogP contribution in [0, 0.1) is 24.4 Å². The third-order valence-corrected chi connectivity index (χ3v) is 6.09. The van der Waals surface area contributed by atoms with Crippen LogP contribution in [0.5, 0.6) is 5.75 Å². The predicted molar refractivity (Wildman–Crippen MR) is 126 cm³/mol. The van der Waals surface area contributed by atoms with Crippen LogP contribution in [-0.4, -0.2) is 31.4 Å². The number of nitrogens with zero attached hydrogens (tertiary/aromatic N) is 5. The van der Waals surface area contributed by atoms with Crippen LogP contribution >= 0.6 is 11.6 Å². The zero-order valence-corrected chi connectivity index (χ0v) is 19.7. The highest BCUT2D eigenvalue weighted by molar-refractivity contribution is 6.30. The summed E-state index contributed by atoms with van der Waals surface area (Å²) in [5.41, 5.74) is 3.85. The zero-order valence-electron chi connectivity index (χ0n) is 18.9. The molecular formula is C25H19ClF3N5O. The maximum absolute atomic E-state index is 13.9. The van der Waals surface area contributed by atoms with Crippen molar-refractivity contribution in [3.63, 3.8) is 0 Å². The first-order chi connectivity index (χ1) is 16.8. The molecule has 5 rings (SSSR count). The van der Waals surface area contributed by atoms with Crippen molar-refractivity contribution in [3.05, 3.63) is 88.9 Å². The Labute approximate surface area is 203 Å². The average molecular weight is 498 g/mol. The Bertz CT molecular complexity index is 1510. The SMILES string of the molecule is COc1cc(-c2nnc3n(C(C)c4cc(F)c(F)c(F)c4)cc(Cl)cc2-3)ccc1-n1cnc(C)c1. The Morgan fingerprint density at radius 3 is 2.40 bits per heavy atom. The quantitative estimate of drug-likeness (QED) is 0.270. The maximum atomic E-state index is 13.9. The monoisotopic (exact) mass is 497 g/mol. The molecule has 0 bridgehead atoms. The molecule has 2 aliphatic rings. The fraction of sp³-hybridized carbons (Fsp3) is 0.160. The summed E-state index contributed by atoms with van der Waals surface area (Å²) < 4.78 is 50.3. The van der Waals surface area contributed by atoms with E-state index in [2.05, 4.69) is 15.2 Å². The van der Waals surface area contributed by atoms with Gasteiger partial charge in [0.15, 0.2) is 23.3 Å². The first-order valence-corrected chi connectivity index (χ1v) is 11.0. The van der Waals surface area contributed by atoms with Crippen LogP contribution in [0.3, 0.4) is 0 Å². The fourth-order valence-electron chi connectivity index (χ4n) is 4.08. The molecule has 1 atom stereocenters. The molecule has 3 aromatic rings. The van der Waals surface area contributed by atoms with Gasteiger partial charge in [0.05, 0.1) is 35.9 Å². The van der Waals surface area contributed by atoms with Gasteiger partial charge >= 0.3 is 0 Å². The minimum absolute atomic E-state index is 0.223. The molecule has 0 aliphatic carbocycles. The van der Waals surface area contributed by atoms with Gasteiger partial charge < -0.3 is 13.9 Å². The number of hydrogen-bond acceptors (Lipinski definition) is 4. The average Bonchev–Trinajstić information content (AvgIpc) is 3.47. The molecule has 1 unspecified atom stereocenters. The zero-order chi connectivity index (χ0) is 24.9. The lowest BCUT2D eigenvalue weighted by Gasteiger charge is -2.20. The van der Waals surface area contributed by atoms with Crippen molar-refractivity contribution in [1.82, 2.24) is 24.3 Å². The van der Waals surface area contributed by atoms with Gasteiger partial charge in [0, 0.05) is 23.5 Å². The fourth-order valence-corrected chi connectivity index (χ4v) is 4.29. The van der Waals surface area contributed by atoms with Crippen LogP contribution in [0.15, 0.2) is 55.1 Å². The molecule has 0 radical (unpaired) electrons. The predicted octanol–water partition coefficient (Wildman–Crippen LogP) is 6.23. The van der Waals surface area contributed by atoms with Crippen LogP contribution in [0.2, 0.25) is 5.02 Å². The number of benzene rings is 2. The normalized spacial score (nSPS) is 12.3. The lowest BCUT2D eigenvalue weighted by atomic mass is 10.0. The molecule has 1 aromatic heterocycles. The molecule has 0 spiro atoms. The summed E-state index contributed by atoms with van der Waals surface area (Å²) in [5, 5.41) is 9.06. The number of halogens is 4. The second-order valence-corrected chi connectivity index (χ2v) is 8.57. The molecule has 0 fully saturated rings. The van der Waals surface area contributed by atoms with Gasteiger partial charge in [-0.05, 0) is 49.7 Å². The van der Waals surface area contributed by atoms with E-state index < -0.39 is 23.5 Å². The summed E-state index contributed by atoms with van der Waals surface area (Å²) in [5.74, 6) is -2.98. The lowest BCUT2D eigenvalue weighted by Crippen LogP contribution is -2.12. The van der Waals surface area contributed by atoms with Crippen LogP contribution in [0.1, 0.15) is 24.2 Å². The first-order valence-electron chi connectivity index (χ1n) is 10.6. The van der Waals surface area contributed by atoms with Crippen molar-refractivity contribution in [1.29, 1.82) is 0 Å². The van der Waals surface area contributed by atoms with Crippen LogP contribution < -0.4 is 4.74 Å². The minimum atomic E-state index is -1.51. The molecular weight excluding hydrogens is 479 g/mol. The number of methoxy groups -OCH3 is 1. The number of fused-ring (bicyclic) bond motifs is 1. The van der Waals surface area contributed by atoms with Crippen molar-refractivity contribution >= 4 is 11.6 Å². The van der Waals surface area contributed by atoms with E-state index in [0.29, 0.717) is 27.9 Å². The third kappa shape index (κ3) is 4.01. The molecule has 3 heterocycles. The van der Waals surface area contributed by atoms with Crippen molar-refractivity contribution < 1.29 is 17.9 Å². The standard InChI is InChI=1S/C25H19ClF3N5O/c1-13-10-33(12-30-13)21-5-4-15(8-22(21)35-3)24-18-9-17(26)11-34(25(18)32-31-24)14(2)16-6-19(27)23(29)20(28)7-16/h4-12,14H,1-3H3. The van der Waals surface area contributed by atoms with Gasteiger partial charge in [0.25, 0.3) is 0 Å². The van der Waals surface area contributed by atoms with E-state index in [-0.39, 0.29) is 5.56 Å². The van der Waals surface area contributed by atoms with Crippen LogP contribution in [0.4, 0.5) is 13.2 Å². The van der Waals surface area contributed by atoms with Crippen molar-refractivity contribution in [3.8, 4) is 34.1 Å². The van der Waals surface area contributed by atoms with E-state index in [0.717, 1.165) is 29.1 Å². The van der Waals surface area contributed by atoms with Gasteiger partial charge in [-0.15, -0.1) is 10.2 Å². The summed E-state index contributed by atoms with van der Waals surface area (Å²) in [6.07, 6.45) is 5.19. The van der Waals surface area contributed by atoms with Gasteiger partial charge in [0.2, 0.25) is 0 Å². The summed E-state index contributed by atoms with van der Waals surface area (Å²) in [6, 6.07) is 8.65. The van der Waals surface area contributed by atoms with E-state index in [1.165, 1.54) is 0 Å². The number of aryl methyl sites for hydroxylation is 1. The van der Waals surface area contributed by atoms with E-state index >= 15 is 0 Å². The Hall–Kier alpha value is -3.85. The van der Waals surface area contributed by atoms with Crippen molar-refractivity contribution in [2.45, 2.75) is 19.9 Å². The molecule has 10 heteroatoms. The van der Waals surface area contributed by atoms with E-state index in [9.17, 15) is 13.2 Å². The van der Waals surface area contributed by atoms with Gasteiger partial charge in [-0.25, -0.2) is 18.2 Å². The number of pyridine rings is 1. The highest BCUT2D eigenvalue weighted by Gasteiger charge is 2.24. The molecule has 2 aromatic carbocycles. The summed E-state index contributed by atoms with van der Waals surface area (Å²) in [6.45, 7) is 3.61. The van der Waals surface area contributed by atoms with Gasteiger partial charge in [-0.3, -0.25) is 0 Å². The van der Waals surface area contributed by atoms with E-state index in [1.807, 2.05) is 35.9 Å². The molecule has 0 saturated heterocycles.